The van der Waals surface area contributed by atoms with Gasteiger partial charge < -0.3 is 9.51 Å². The molecule has 0 spiro atoms. The summed E-state index contributed by atoms with van der Waals surface area (Å²) in [5, 5.41) is 0. The van der Waals surface area contributed by atoms with Gasteiger partial charge in [0.25, 0.3) is 0 Å². The minimum atomic E-state index is -2.37. The van der Waals surface area contributed by atoms with Crippen LogP contribution in [0.5, 0.6) is 0 Å². The fourth-order valence-corrected chi connectivity index (χ4v) is 15.3. The molecule has 0 atom stereocenters. The van der Waals surface area contributed by atoms with Crippen molar-refractivity contribution in [1.82, 2.24) is 0 Å². The third-order valence-corrected chi connectivity index (χ3v) is 10.3. The summed E-state index contributed by atoms with van der Waals surface area (Å²) in [5.74, 6) is 0. The van der Waals surface area contributed by atoms with Crippen LogP contribution in [-0.2, 0) is 0 Å². The number of hydrogen-bond acceptors (Lipinski definition) is 0. The summed E-state index contributed by atoms with van der Waals surface area (Å²) < 4.78 is 8.95. The number of hydrogen-bond donors (Lipinski definition) is 0. The predicted molar refractivity (Wildman–Crippen MR) is 72.0 cm³/mol. The highest BCUT2D eigenvalue weighted by atomic mass is 35.9. The van der Waals surface area contributed by atoms with Gasteiger partial charge >= 0.3 is 0 Å². The molecular weight excluding hydrogens is 258 g/mol. The molecule has 0 bridgehead atoms. The first-order valence-corrected chi connectivity index (χ1v) is 14.6. The molecule has 0 saturated heterocycles. The second kappa shape index (κ2) is 4.48. The zero-order valence-electron chi connectivity index (χ0n) is 9.10. The maximum atomic E-state index is 6.12. The van der Waals surface area contributed by atoms with E-state index in [2.05, 4.69) is 48.8 Å². The first kappa shape index (κ1) is 14.4. The van der Waals surface area contributed by atoms with Gasteiger partial charge in [-0.1, -0.05) is 39.3 Å². The fraction of sp³-hybridized carbons (Fsp3) is 1.00. The molecule has 0 heterocycles. The maximum Gasteiger partial charge on any atom is 0.0735 e. The lowest BCUT2D eigenvalue weighted by molar-refractivity contribution is 1.75. The van der Waals surface area contributed by atoms with E-state index in [0.29, 0.717) is 0 Å². The molecule has 0 aromatic rings. The molecule has 0 aliphatic heterocycles. The molecule has 0 rings (SSSR count). The van der Waals surface area contributed by atoms with E-state index in [-0.39, 0.29) is 0 Å². The number of rotatable bonds is 4. The van der Waals surface area contributed by atoms with E-state index in [1.54, 1.807) is 0 Å². The summed E-state index contributed by atoms with van der Waals surface area (Å²) in [5.41, 5.74) is 0. The quantitative estimate of drug-likeness (QED) is 0.475. The summed E-state index contributed by atoms with van der Waals surface area (Å²) in [6, 6.07) is 0. The van der Waals surface area contributed by atoms with Crippen molar-refractivity contribution in [1.29, 1.82) is 0 Å². The summed E-state index contributed by atoms with van der Waals surface area (Å²) in [6.07, 6.45) is -2.37. The molecule has 0 N–H and O–H groups in total. The van der Waals surface area contributed by atoms with Crippen molar-refractivity contribution in [2.45, 2.75) is 39.3 Å². The number of halogens is 2. The molecule has 0 aromatic heterocycles. The van der Waals surface area contributed by atoms with Crippen LogP contribution in [0.3, 0.4) is 0 Å². The van der Waals surface area contributed by atoms with Crippen molar-refractivity contribution in [3.63, 3.8) is 0 Å². The Bertz CT molecular complexity index is 158. The Hall–Kier alpha value is 1.36. The molecule has 0 unspecified atom stereocenters. The molecule has 2 nitrogen and oxygen atoms in total. The van der Waals surface area contributed by atoms with E-state index < -0.39 is 22.7 Å². The zero-order valence-corrected chi connectivity index (χ0v) is 13.5. The Kier molecular flexibility index (Phi) is 4.95. The molecule has 0 aromatic carbocycles. The van der Waals surface area contributed by atoms with Crippen molar-refractivity contribution in [3.8, 4) is 0 Å². The molecule has 7 heteroatoms. The first-order chi connectivity index (χ1) is 5.41. The minimum Gasteiger partial charge on any atom is -0.475 e. The summed E-state index contributed by atoms with van der Waals surface area (Å²) in [4.78, 5) is 0. The molecule has 13 heavy (non-hydrogen) atoms. The standard InChI is InChI=1S/C6H18Cl2N2PSi2/c1-12(2,3)9-11(7,8)10-13(4,5)6/h1-6H3/q-1. The van der Waals surface area contributed by atoms with E-state index in [9.17, 15) is 0 Å². The monoisotopic (exact) mass is 275 g/mol. The van der Waals surface area contributed by atoms with Gasteiger partial charge in [0.05, 0.1) is 28.8 Å². The van der Waals surface area contributed by atoms with Crippen molar-refractivity contribution < 1.29 is 0 Å². The lowest BCUT2D eigenvalue weighted by Crippen LogP contribution is -2.21. The molecule has 0 aliphatic carbocycles. The fourth-order valence-electron chi connectivity index (χ4n) is 0.744. The summed E-state index contributed by atoms with van der Waals surface area (Å²) in [7, 11) is -3.11. The van der Waals surface area contributed by atoms with Gasteiger partial charge in [-0.2, -0.15) is 0 Å². The van der Waals surface area contributed by atoms with Gasteiger partial charge in [0.15, 0.2) is 0 Å². The summed E-state index contributed by atoms with van der Waals surface area (Å²) >= 11 is 12.2. The molecule has 0 fully saturated rings. The minimum absolute atomic E-state index is 1.55. The third-order valence-electron chi connectivity index (χ3n) is 0.841. The molecule has 0 amide bonds. The van der Waals surface area contributed by atoms with E-state index in [0.717, 1.165) is 0 Å². The van der Waals surface area contributed by atoms with Crippen molar-refractivity contribution >= 4 is 45.2 Å². The highest BCUT2D eigenvalue weighted by Gasteiger charge is 2.22. The topological polar surface area (TPSA) is 28.2 Å². The summed E-state index contributed by atoms with van der Waals surface area (Å²) in [6.45, 7) is 12.7. The Labute approximate surface area is 94.0 Å². The van der Waals surface area contributed by atoms with Crippen molar-refractivity contribution in [3.05, 3.63) is 9.51 Å². The normalized spacial score (nSPS) is 14.8. The molecule has 0 aliphatic rings. The average molecular weight is 276 g/mol. The van der Waals surface area contributed by atoms with Gasteiger partial charge in [-0.3, -0.25) is 0 Å². The zero-order chi connectivity index (χ0) is 10.9. The van der Waals surface area contributed by atoms with Gasteiger partial charge in [0.1, 0.15) is 0 Å². The molecule has 0 radical (unpaired) electrons. The van der Waals surface area contributed by atoms with Crippen molar-refractivity contribution in [2.24, 2.45) is 0 Å². The van der Waals surface area contributed by atoms with Crippen LogP contribution in [-0.4, -0.2) is 16.5 Å². The average Bonchev–Trinajstić information content (AvgIpc) is 1.43. The van der Waals surface area contributed by atoms with E-state index >= 15 is 0 Å². The van der Waals surface area contributed by atoms with Crippen LogP contribution >= 0.6 is 28.8 Å². The van der Waals surface area contributed by atoms with Gasteiger partial charge in [-0.05, 0) is 16.5 Å². The van der Waals surface area contributed by atoms with Crippen LogP contribution in [0.2, 0.25) is 39.3 Å². The van der Waals surface area contributed by atoms with Crippen LogP contribution in [0.15, 0.2) is 0 Å². The number of nitrogens with zero attached hydrogens (tertiary/aromatic N) is 2. The van der Waals surface area contributed by atoms with Crippen LogP contribution in [0.1, 0.15) is 0 Å². The molecule has 80 valence electrons. The third kappa shape index (κ3) is 9.66. The second-order valence-electron chi connectivity index (χ2n) is 5.00. The molecular formula is C6H18Cl2N2PSi2-. The largest absolute Gasteiger partial charge is 0.475 e. The SMILES string of the molecule is C[Si](C)(C)[N-][P+](Cl)(Cl)[N-][Si](C)(C)C. The van der Waals surface area contributed by atoms with Gasteiger partial charge in [0.2, 0.25) is 0 Å². The van der Waals surface area contributed by atoms with Gasteiger partial charge in [-0.25, -0.2) is 0 Å². The Morgan fingerprint density at radius 3 is 1.15 bits per heavy atom. The van der Waals surface area contributed by atoms with Crippen LogP contribution in [0, 0.1) is 0 Å². The lowest BCUT2D eigenvalue weighted by Gasteiger charge is -2.47. The van der Waals surface area contributed by atoms with E-state index in [1.807, 2.05) is 0 Å². The van der Waals surface area contributed by atoms with E-state index in [4.69, 9.17) is 22.5 Å². The second-order valence-corrected chi connectivity index (χ2v) is 19.5. The Morgan fingerprint density at radius 1 is 0.769 bits per heavy atom. The van der Waals surface area contributed by atoms with E-state index in [1.165, 1.54) is 0 Å². The Balaban J connectivity index is 4.25. The molecule has 0 saturated carbocycles. The predicted octanol–water partition coefficient (Wildman–Crippen LogP) is 5.56. The first-order valence-electron chi connectivity index (χ1n) is 4.19. The van der Waals surface area contributed by atoms with Crippen LogP contribution in [0.4, 0.5) is 0 Å². The Morgan fingerprint density at radius 2 is 1.00 bits per heavy atom. The lowest BCUT2D eigenvalue weighted by atomic mass is 11.8. The van der Waals surface area contributed by atoms with Gasteiger partial charge in [0, 0.05) is 0 Å². The van der Waals surface area contributed by atoms with Gasteiger partial charge in [-0.15, -0.1) is 0 Å². The highest BCUT2D eigenvalue weighted by Crippen LogP contribution is 2.80. The van der Waals surface area contributed by atoms with Crippen molar-refractivity contribution in [2.75, 3.05) is 0 Å². The van der Waals surface area contributed by atoms with Crippen LogP contribution < -0.4 is 0 Å². The maximum absolute atomic E-state index is 6.12. The highest BCUT2D eigenvalue weighted by molar-refractivity contribution is 8.23. The van der Waals surface area contributed by atoms with Crippen LogP contribution in [0.25, 0.3) is 9.51 Å². The smallest absolute Gasteiger partial charge is 0.0735 e.